The predicted octanol–water partition coefficient (Wildman–Crippen LogP) is 1.05. The van der Waals surface area contributed by atoms with Gasteiger partial charge in [0.15, 0.2) is 0 Å². The Morgan fingerprint density at radius 2 is 2.00 bits per heavy atom. The van der Waals surface area contributed by atoms with Crippen molar-refractivity contribution in [2.24, 2.45) is 5.73 Å². The molecular weight excluding hydrogens is 239 g/mol. The van der Waals surface area contributed by atoms with Gasteiger partial charge >= 0.3 is 0 Å². The number of hydrogen-bond acceptors (Lipinski definition) is 2. The number of likely N-dealkylation sites (tertiary alicyclic amines) is 1. The highest BCUT2D eigenvalue weighted by Gasteiger charge is 2.35. The van der Waals surface area contributed by atoms with Crippen LogP contribution in [0.2, 0.25) is 0 Å². The fraction of sp³-hybridized carbons (Fsp3) is 1.00. The largest absolute Gasteiger partial charge is 0.326 e. The lowest BCUT2D eigenvalue weighted by Crippen LogP contribution is -2.46. The molecule has 2 N–H and O–H groups in total. The van der Waals surface area contributed by atoms with Crippen molar-refractivity contribution < 1.29 is 0 Å². The maximum atomic E-state index is 5.86. The van der Waals surface area contributed by atoms with E-state index in [-0.39, 0.29) is 29.5 Å². The zero-order chi connectivity index (χ0) is 7.07. The second-order valence-corrected chi connectivity index (χ2v) is 3.47. The summed E-state index contributed by atoms with van der Waals surface area (Å²) in [6, 6.07) is 0.363. The third-order valence-electron chi connectivity index (χ3n) is 2.67. The highest BCUT2D eigenvalue weighted by atomic mass is 127. The molecule has 0 amide bonds. The van der Waals surface area contributed by atoms with Gasteiger partial charge in [-0.25, -0.2) is 0 Å². The molecule has 2 nitrogen and oxygen atoms in total. The van der Waals surface area contributed by atoms with E-state index in [1.54, 1.807) is 0 Å². The van der Waals surface area contributed by atoms with Crippen molar-refractivity contribution >= 4 is 24.0 Å². The lowest BCUT2D eigenvalue weighted by atomic mass is 9.97. The van der Waals surface area contributed by atoms with Gasteiger partial charge in [0.05, 0.1) is 0 Å². The average Bonchev–Trinajstić information content (AvgIpc) is 1.96. The molecule has 0 aliphatic carbocycles. The van der Waals surface area contributed by atoms with Crippen LogP contribution in [-0.2, 0) is 0 Å². The molecule has 1 rings (SSSR count). The maximum Gasteiger partial charge on any atom is 0.0301 e. The van der Waals surface area contributed by atoms with E-state index in [1.807, 2.05) is 0 Å². The van der Waals surface area contributed by atoms with Gasteiger partial charge in [-0.3, -0.25) is 4.90 Å². The quantitative estimate of drug-likeness (QED) is 0.656. The molecule has 0 aromatic heterocycles. The molecule has 1 aliphatic rings. The summed E-state index contributed by atoms with van der Waals surface area (Å²) in [6.07, 6.45) is 1.14. The minimum absolute atomic E-state index is 0. The van der Waals surface area contributed by atoms with Crippen LogP contribution in [0.15, 0.2) is 0 Å². The Balaban J connectivity index is 0.000000810. The first kappa shape index (κ1) is 10.7. The van der Waals surface area contributed by atoms with Crippen molar-refractivity contribution in [2.75, 3.05) is 13.6 Å². The minimum atomic E-state index is 0. The lowest BCUT2D eigenvalue weighted by Gasteiger charge is -2.31. The third-order valence-corrected chi connectivity index (χ3v) is 2.67. The highest BCUT2D eigenvalue weighted by molar-refractivity contribution is 14.0. The monoisotopic (exact) mass is 256 g/mol. The molecule has 1 heterocycles. The van der Waals surface area contributed by atoms with E-state index in [4.69, 9.17) is 5.73 Å². The van der Waals surface area contributed by atoms with Gasteiger partial charge in [-0.1, -0.05) is 0 Å². The molecule has 0 bridgehead atoms. The number of likely N-dealkylation sites (N-methyl/N-ethyl adjacent to an activating group) is 1. The van der Waals surface area contributed by atoms with Gasteiger partial charge in [-0.05, 0) is 33.9 Å². The molecule has 0 spiro atoms. The number of halogens is 1. The maximum absolute atomic E-state index is 5.86. The Bertz CT molecular complexity index is 102. The zero-order valence-corrected chi connectivity index (χ0v) is 9.25. The van der Waals surface area contributed by atoms with E-state index in [9.17, 15) is 0 Å². The Kier molecular flexibility index (Phi) is 3.58. The second kappa shape index (κ2) is 3.36. The molecule has 0 saturated carbocycles. The molecule has 62 valence electrons. The van der Waals surface area contributed by atoms with Crippen molar-refractivity contribution in [1.82, 2.24) is 4.90 Å². The minimum Gasteiger partial charge on any atom is -0.326 e. The van der Waals surface area contributed by atoms with Crippen molar-refractivity contribution in [3.63, 3.8) is 0 Å². The van der Waals surface area contributed by atoms with E-state index >= 15 is 0 Å². The van der Waals surface area contributed by atoms with Gasteiger partial charge in [0.25, 0.3) is 0 Å². The SMILES string of the molecule is CN1CCC(N)C1(C)C.I. The molecule has 1 saturated heterocycles. The Labute approximate surface area is 80.2 Å². The fourth-order valence-electron chi connectivity index (χ4n) is 1.26. The summed E-state index contributed by atoms with van der Waals surface area (Å²) < 4.78 is 0. The van der Waals surface area contributed by atoms with Gasteiger partial charge < -0.3 is 5.73 Å². The summed E-state index contributed by atoms with van der Waals surface area (Å²) >= 11 is 0. The summed E-state index contributed by atoms with van der Waals surface area (Å²) in [5.74, 6) is 0. The van der Waals surface area contributed by atoms with Gasteiger partial charge in [0, 0.05) is 11.6 Å². The molecule has 1 atom stereocenters. The molecule has 0 aromatic rings. The fourth-order valence-corrected chi connectivity index (χ4v) is 1.26. The number of rotatable bonds is 0. The lowest BCUT2D eigenvalue weighted by molar-refractivity contribution is 0.202. The van der Waals surface area contributed by atoms with E-state index in [2.05, 4.69) is 25.8 Å². The first-order chi connectivity index (χ1) is 4.05. The van der Waals surface area contributed by atoms with Crippen molar-refractivity contribution in [3.8, 4) is 0 Å². The van der Waals surface area contributed by atoms with Crippen LogP contribution in [0.25, 0.3) is 0 Å². The van der Waals surface area contributed by atoms with E-state index in [0.717, 1.165) is 13.0 Å². The van der Waals surface area contributed by atoms with Crippen LogP contribution in [-0.4, -0.2) is 30.1 Å². The molecular formula is C7H17IN2. The number of nitrogens with zero attached hydrogens (tertiary/aromatic N) is 1. The summed E-state index contributed by atoms with van der Waals surface area (Å²) in [6.45, 7) is 5.55. The predicted molar refractivity (Wildman–Crippen MR) is 54.7 cm³/mol. The first-order valence-corrected chi connectivity index (χ1v) is 3.52. The van der Waals surface area contributed by atoms with Crippen LogP contribution in [0.4, 0.5) is 0 Å². The van der Waals surface area contributed by atoms with Crippen LogP contribution in [0.1, 0.15) is 20.3 Å². The van der Waals surface area contributed by atoms with E-state index in [0.29, 0.717) is 6.04 Å². The Morgan fingerprint density at radius 1 is 1.50 bits per heavy atom. The molecule has 10 heavy (non-hydrogen) atoms. The molecule has 1 unspecified atom stereocenters. The molecule has 0 radical (unpaired) electrons. The molecule has 1 fully saturated rings. The van der Waals surface area contributed by atoms with Crippen LogP contribution in [0, 0.1) is 0 Å². The van der Waals surface area contributed by atoms with Crippen LogP contribution >= 0.6 is 24.0 Å². The van der Waals surface area contributed by atoms with Crippen molar-refractivity contribution in [2.45, 2.75) is 31.8 Å². The number of nitrogens with two attached hydrogens (primary N) is 1. The summed E-state index contributed by atoms with van der Waals surface area (Å²) in [5, 5.41) is 0. The Morgan fingerprint density at radius 3 is 2.10 bits per heavy atom. The van der Waals surface area contributed by atoms with Crippen molar-refractivity contribution in [3.05, 3.63) is 0 Å². The molecule has 3 heteroatoms. The normalized spacial score (nSPS) is 31.8. The Hall–Kier alpha value is 0.650. The average molecular weight is 256 g/mol. The van der Waals surface area contributed by atoms with Crippen LogP contribution in [0.3, 0.4) is 0 Å². The first-order valence-electron chi connectivity index (χ1n) is 3.52. The van der Waals surface area contributed by atoms with E-state index in [1.165, 1.54) is 0 Å². The van der Waals surface area contributed by atoms with Gasteiger partial charge in [-0.15, -0.1) is 24.0 Å². The summed E-state index contributed by atoms with van der Waals surface area (Å²) in [7, 11) is 2.13. The standard InChI is InChI=1S/C7H16N2.HI/c1-7(2)6(8)4-5-9(7)3;/h6H,4-5,8H2,1-3H3;1H. The second-order valence-electron chi connectivity index (χ2n) is 3.47. The molecule has 0 aromatic carbocycles. The van der Waals surface area contributed by atoms with Crippen LogP contribution in [0.5, 0.6) is 0 Å². The number of hydrogen-bond donors (Lipinski definition) is 1. The molecule has 1 aliphatic heterocycles. The van der Waals surface area contributed by atoms with E-state index < -0.39 is 0 Å². The van der Waals surface area contributed by atoms with Gasteiger partial charge in [0.1, 0.15) is 0 Å². The van der Waals surface area contributed by atoms with Crippen molar-refractivity contribution in [1.29, 1.82) is 0 Å². The highest BCUT2D eigenvalue weighted by Crippen LogP contribution is 2.24. The smallest absolute Gasteiger partial charge is 0.0301 e. The zero-order valence-electron chi connectivity index (χ0n) is 6.92. The topological polar surface area (TPSA) is 29.3 Å². The summed E-state index contributed by atoms with van der Waals surface area (Å²) in [5.41, 5.74) is 6.08. The summed E-state index contributed by atoms with van der Waals surface area (Å²) in [4.78, 5) is 2.32. The van der Waals surface area contributed by atoms with Gasteiger partial charge in [-0.2, -0.15) is 0 Å². The van der Waals surface area contributed by atoms with Crippen LogP contribution < -0.4 is 5.73 Å². The third kappa shape index (κ3) is 1.62. The van der Waals surface area contributed by atoms with Gasteiger partial charge in [0.2, 0.25) is 0 Å².